The SMILES string of the molecule is CCC(=O)O.CCC[C@@H](O)CO. The summed E-state index contributed by atoms with van der Waals surface area (Å²) in [6.45, 7) is 3.47. The third-order valence-electron chi connectivity index (χ3n) is 1.14. The summed E-state index contributed by atoms with van der Waals surface area (Å²) in [5.74, 6) is -0.745. The van der Waals surface area contributed by atoms with Gasteiger partial charge in [-0.15, -0.1) is 0 Å². The average molecular weight is 178 g/mol. The zero-order valence-electron chi connectivity index (χ0n) is 7.66. The molecular formula is C8H18O4. The molecule has 0 heterocycles. The third-order valence-corrected chi connectivity index (χ3v) is 1.14. The van der Waals surface area contributed by atoms with Crippen LogP contribution in [0, 0.1) is 0 Å². The fourth-order valence-electron chi connectivity index (χ4n) is 0.425. The molecule has 0 aromatic heterocycles. The van der Waals surface area contributed by atoms with E-state index in [0.29, 0.717) is 6.42 Å². The molecule has 0 aliphatic heterocycles. The second kappa shape index (κ2) is 10.4. The Morgan fingerprint density at radius 2 is 1.83 bits per heavy atom. The predicted octanol–water partition coefficient (Wildman–Crippen LogP) is 0.621. The third kappa shape index (κ3) is 16.2. The normalized spacial score (nSPS) is 11.3. The minimum atomic E-state index is -0.745. The van der Waals surface area contributed by atoms with Crippen molar-refractivity contribution in [2.75, 3.05) is 6.61 Å². The number of hydrogen-bond donors (Lipinski definition) is 3. The van der Waals surface area contributed by atoms with Crippen LogP contribution < -0.4 is 0 Å². The van der Waals surface area contributed by atoms with Crippen LogP contribution >= 0.6 is 0 Å². The average Bonchev–Trinajstić information content (AvgIpc) is 2.06. The molecule has 0 amide bonds. The number of carboxylic acid groups (broad SMARTS) is 1. The molecule has 0 fully saturated rings. The highest BCUT2D eigenvalue weighted by molar-refractivity contribution is 5.66. The highest BCUT2D eigenvalue weighted by Gasteiger charge is 1.95. The van der Waals surface area contributed by atoms with Gasteiger partial charge >= 0.3 is 5.97 Å². The zero-order chi connectivity index (χ0) is 9.98. The molecule has 0 bridgehead atoms. The van der Waals surface area contributed by atoms with Gasteiger partial charge in [0.15, 0.2) is 0 Å². The Balaban J connectivity index is 0. The molecule has 0 aliphatic rings. The van der Waals surface area contributed by atoms with E-state index < -0.39 is 12.1 Å². The number of carboxylic acids is 1. The zero-order valence-corrected chi connectivity index (χ0v) is 7.66. The van der Waals surface area contributed by atoms with E-state index >= 15 is 0 Å². The van der Waals surface area contributed by atoms with Gasteiger partial charge in [0, 0.05) is 6.42 Å². The van der Waals surface area contributed by atoms with Crippen molar-refractivity contribution in [3.63, 3.8) is 0 Å². The van der Waals surface area contributed by atoms with Crippen molar-refractivity contribution in [3.05, 3.63) is 0 Å². The summed E-state index contributed by atoms with van der Waals surface area (Å²) in [4.78, 5) is 9.37. The molecule has 0 aliphatic carbocycles. The number of aliphatic hydroxyl groups is 2. The minimum absolute atomic E-state index is 0.103. The van der Waals surface area contributed by atoms with E-state index in [-0.39, 0.29) is 13.0 Å². The fourth-order valence-corrected chi connectivity index (χ4v) is 0.425. The molecule has 4 nitrogen and oxygen atoms in total. The largest absolute Gasteiger partial charge is 0.481 e. The monoisotopic (exact) mass is 178 g/mol. The van der Waals surface area contributed by atoms with Crippen LogP contribution in [0.1, 0.15) is 33.1 Å². The molecule has 0 unspecified atom stereocenters. The Bertz CT molecular complexity index is 103. The van der Waals surface area contributed by atoms with Crippen LogP contribution in [0.15, 0.2) is 0 Å². The highest BCUT2D eigenvalue weighted by Crippen LogP contribution is 1.92. The molecule has 1 atom stereocenters. The second-order valence-electron chi connectivity index (χ2n) is 2.37. The van der Waals surface area contributed by atoms with E-state index in [1.807, 2.05) is 6.92 Å². The summed E-state index contributed by atoms with van der Waals surface area (Å²) in [7, 11) is 0. The van der Waals surface area contributed by atoms with E-state index in [9.17, 15) is 4.79 Å². The highest BCUT2D eigenvalue weighted by atomic mass is 16.4. The van der Waals surface area contributed by atoms with Gasteiger partial charge in [0.1, 0.15) is 0 Å². The van der Waals surface area contributed by atoms with Gasteiger partial charge in [0.05, 0.1) is 12.7 Å². The minimum Gasteiger partial charge on any atom is -0.481 e. The lowest BCUT2D eigenvalue weighted by molar-refractivity contribution is -0.136. The molecule has 0 radical (unpaired) electrons. The van der Waals surface area contributed by atoms with Crippen molar-refractivity contribution in [2.45, 2.75) is 39.2 Å². The first-order valence-corrected chi connectivity index (χ1v) is 4.09. The number of aliphatic hydroxyl groups excluding tert-OH is 2. The maximum atomic E-state index is 9.37. The molecule has 0 rings (SSSR count). The quantitative estimate of drug-likeness (QED) is 0.589. The molecule has 3 N–H and O–H groups in total. The Labute approximate surface area is 72.8 Å². The molecule has 0 aromatic rings. The predicted molar refractivity (Wildman–Crippen MR) is 45.9 cm³/mol. The van der Waals surface area contributed by atoms with Gasteiger partial charge in [-0.1, -0.05) is 20.3 Å². The summed E-state index contributed by atoms with van der Waals surface area (Å²) >= 11 is 0. The maximum absolute atomic E-state index is 9.37. The van der Waals surface area contributed by atoms with E-state index in [4.69, 9.17) is 15.3 Å². The Hall–Kier alpha value is -0.610. The van der Waals surface area contributed by atoms with Crippen molar-refractivity contribution in [2.24, 2.45) is 0 Å². The van der Waals surface area contributed by atoms with Gasteiger partial charge in [-0.25, -0.2) is 0 Å². The van der Waals surface area contributed by atoms with E-state index in [2.05, 4.69) is 0 Å². The van der Waals surface area contributed by atoms with Crippen LogP contribution in [0.4, 0.5) is 0 Å². The Morgan fingerprint density at radius 1 is 1.42 bits per heavy atom. The van der Waals surface area contributed by atoms with Crippen LogP contribution in [-0.2, 0) is 4.79 Å². The number of aliphatic carboxylic acids is 1. The van der Waals surface area contributed by atoms with Crippen molar-refractivity contribution in [3.8, 4) is 0 Å². The molecule has 4 heteroatoms. The smallest absolute Gasteiger partial charge is 0.303 e. The summed E-state index contributed by atoms with van der Waals surface area (Å²) in [5.41, 5.74) is 0. The standard InChI is InChI=1S/C5H12O2.C3H6O2/c1-2-3-5(7)4-6;1-2-3(4)5/h5-7H,2-4H2,1H3;2H2,1H3,(H,4,5)/t5-;/m1./s1. The van der Waals surface area contributed by atoms with Crippen LogP contribution in [0.5, 0.6) is 0 Å². The molecule has 74 valence electrons. The van der Waals surface area contributed by atoms with Crippen molar-refractivity contribution in [1.29, 1.82) is 0 Å². The first-order chi connectivity index (χ1) is 5.58. The molecule has 0 saturated carbocycles. The molecule has 0 saturated heterocycles. The van der Waals surface area contributed by atoms with Crippen molar-refractivity contribution < 1.29 is 20.1 Å². The fraction of sp³-hybridized carbons (Fsp3) is 0.875. The lowest BCUT2D eigenvalue weighted by Crippen LogP contribution is -2.10. The molecule has 0 aromatic carbocycles. The first-order valence-electron chi connectivity index (χ1n) is 4.09. The second-order valence-corrected chi connectivity index (χ2v) is 2.37. The summed E-state index contributed by atoms with van der Waals surface area (Å²) in [5, 5.41) is 24.5. The number of hydrogen-bond acceptors (Lipinski definition) is 3. The number of rotatable bonds is 4. The molecule has 0 spiro atoms. The topological polar surface area (TPSA) is 77.8 Å². The van der Waals surface area contributed by atoms with Crippen molar-refractivity contribution >= 4 is 5.97 Å². The van der Waals surface area contributed by atoms with Crippen molar-refractivity contribution in [1.82, 2.24) is 0 Å². The summed E-state index contributed by atoms with van der Waals surface area (Å²) < 4.78 is 0. The van der Waals surface area contributed by atoms with Gasteiger partial charge in [0.25, 0.3) is 0 Å². The maximum Gasteiger partial charge on any atom is 0.303 e. The van der Waals surface area contributed by atoms with Gasteiger partial charge in [-0.05, 0) is 6.42 Å². The van der Waals surface area contributed by atoms with E-state index in [1.54, 1.807) is 6.92 Å². The van der Waals surface area contributed by atoms with Gasteiger partial charge in [-0.3, -0.25) is 4.79 Å². The van der Waals surface area contributed by atoms with Crippen LogP contribution in [0.25, 0.3) is 0 Å². The van der Waals surface area contributed by atoms with Crippen LogP contribution in [0.3, 0.4) is 0 Å². The van der Waals surface area contributed by atoms with Gasteiger partial charge in [-0.2, -0.15) is 0 Å². The molecular weight excluding hydrogens is 160 g/mol. The van der Waals surface area contributed by atoms with Gasteiger partial charge < -0.3 is 15.3 Å². The van der Waals surface area contributed by atoms with E-state index in [0.717, 1.165) is 6.42 Å². The molecule has 12 heavy (non-hydrogen) atoms. The summed E-state index contributed by atoms with van der Waals surface area (Å²) in [6, 6.07) is 0. The first kappa shape index (κ1) is 13.9. The van der Waals surface area contributed by atoms with Crippen LogP contribution in [-0.4, -0.2) is 34.0 Å². The Kier molecular flexibility index (Phi) is 12.1. The van der Waals surface area contributed by atoms with Gasteiger partial charge in [0.2, 0.25) is 0 Å². The van der Waals surface area contributed by atoms with Crippen LogP contribution in [0.2, 0.25) is 0 Å². The lowest BCUT2D eigenvalue weighted by atomic mass is 10.2. The number of carbonyl (C=O) groups is 1. The Morgan fingerprint density at radius 3 is 1.92 bits per heavy atom. The van der Waals surface area contributed by atoms with E-state index in [1.165, 1.54) is 0 Å². The summed E-state index contributed by atoms with van der Waals surface area (Å²) in [6.07, 6.45) is 1.36. The lowest BCUT2D eigenvalue weighted by Gasteiger charge is -2.01.